The van der Waals surface area contributed by atoms with Crippen LogP contribution in [0.5, 0.6) is 0 Å². The van der Waals surface area contributed by atoms with Crippen molar-refractivity contribution in [1.29, 1.82) is 0 Å². The Bertz CT molecular complexity index is 1150. The van der Waals surface area contributed by atoms with Gasteiger partial charge in [-0.2, -0.15) is 0 Å². The van der Waals surface area contributed by atoms with Crippen LogP contribution in [0.15, 0.2) is 115 Å². The molecule has 1 unspecified atom stereocenters. The van der Waals surface area contributed by atoms with Gasteiger partial charge in [0.05, 0.1) is 0 Å². The van der Waals surface area contributed by atoms with Crippen molar-refractivity contribution in [3.8, 4) is 11.1 Å². The molecule has 4 aromatic carbocycles. The van der Waals surface area contributed by atoms with E-state index in [1.54, 1.807) is 0 Å². The summed E-state index contributed by atoms with van der Waals surface area (Å²) >= 11 is 6.13. The number of rotatable bonds is 6. The van der Waals surface area contributed by atoms with E-state index in [1.165, 1.54) is 0 Å². The summed E-state index contributed by atoms with van der Waals surface area (Å²) in [5.74, 6) is -0.0452. The Morgan fingerprint density at radius 3 is 1.90 bits per heavy atom. The Morgan fingerprint density at radius 1 is 0.677 bits per heavy atom. The quantitative estimate of drug-likeness (QED) is 0.358. The Morgan fingerprint density at radius 2 is 1.29 bits per heavy atom. The number of halogens is 1. The van der Waals surface area contributed by atoms with Crippen molar-refractivity contribution in [3.05, 3.63) is 137 Å². The summed E-state index contributed by atoms with van der Waals surface area (Å²) in [4.78, 5) is 0. The van der Waals surface area contributed by atoms with E-state index in [-0.39, 0.29) is 12.0 Å². The van der Waals surface area contributed by atoms with Crippen LogP contribution >= 0.6 is 11.6 Å². The van der Waals surface area contributed by atoms with Crippen molar-refractivity contribution in [1.82, 2.24) is 0 Å². The molecule has 4 N–H and O–H groups in total. The maximum Gasteiger partial charge on any atom is 0.0412 e. The first-order chi connectivity index (χ1) is 15.1. The molecular formula is C28H25ClN2. The van der Waals surface area contributed by atoms with Gasteiger partial charge in [0.15, 0.2) is 0 Å². The van der Waals surface area contributed by atoms with Crippen molar-refractivity contribution in [3.63, 3.8) is 0 Å². The molecule has 4 aromatic rings. The third kappa shape index (κ3) is 5.05. The summed E-state index contributed by atoms with van der Waals surface area (Å²) in [5, 5.41) is 0.724. The van der Waals surface area contributed by atoms with Gasteiger partial charge in [0.2, 0.25) is 0 Å². The molecule has 0 aliphatic heterocycles. The van der Waals surface area contributed by atoms with Gasteiger partial charge in [-0.25, -0.2) is 0 Å². The van der Waals surface area contributed by atoms with Crippen LogP contribution in [0.3, 0.4) is 0 Å². The second-order valence-corrected chi connectivity index (χ2v) is 8.02. The standard InChI is InChI=1S/C28H25ClN2/c29-25-13-7-12-24(18-25)20-14-16-22(17-15-20)27(30)19-26(21-8-3-1-4-9-21)28(31)23-10-5-2-6-11-23/h1-19,26,28H,30-31H2/b27-19-/t26?,28-/m1/s1. The van der Waals surface area contributed by atoms with Gasteiger partial charge in [0, 0.05) is 22.7 Å². The highest BCUT2D eigenvalue weighted by Crippen LogP contribution is 2.32. The summed E-state index contributed by atoms with van der Waals surface area (Å²) in [6, 6.07) is 36.3. The molecule has 0 aliphatic carbocycles. The minimum atomic E-state index is -0.201. The molecule has 154 valence electrons. The van der Waals surface area contributed by atoms with Crippen LogP contribution in [0.25, 0.3) is 16.8 Å². The van der Waals surface area contributed by atoms with Gasteiger partial charge in [0.25, 0.3) is 0 Å². The molecule has 0 saturated heterocycles. The second kappa shape index (κ2) is 9.65. The maximum absolute atomic E-state index is 6.70. The highest BCUT2D eigenvalue weighted by atomic mass is 35.5. The van der Waals surface area contributed by atoms with Crippen LogP contribution in [0.1, 0.15) is 28.7 Å². The van der Waals surface area contributed by atoms with Crippen molar-refractivity contribution in [2.75, 3.05) is 0 Å². The highest BCUT2D eigenvalue weighted by molar-refractivity contribution is 6.30. The Hall–Kier alpha value is -3.33. The third-order valence-corrected chi connectivity index (χ3v) is 5.73. The van der Waals surface area contributed by atoms with E-state index in [9.17, 15) is 0 Å². The first kappa shape index (κ1) is 20.9. The fourth-order valence-corrected chi connectivity index (χ4v) is 3.97. The molecule has 3 heteroatoms. The molecule has 0 amide bonds. The predicted molar refractivity (Wildman–Crippen MR) is 132 cm³/mol. The molecule has 0 radical (unpaired) electrons. The Balaban J connectivity index is 1.65. The van der Waals surface area contributed by atoms with Crippen LogP contribution in [-0.4, -0.2) is 0 Å². The van der Waals surface area contributed by atoms with Gasteiger partial charge < -0.3 is 11.5 Å². The summed E-state index contributed by atoms with van der Waals surface area (Å²) in [5.41, 5.74) is 19.3. The van der Waals surface area contributed by atoms with E-state index in [0.717, 1.165) is 32.8 Å². The van der Waals surface area contributed by atoms with Crippen LogP contribution in [0, 0.1) is 0 Å². The molecule has 0 heterocycles. The summed E-state index contributed by atoms with van der Waals surface area (Å²) < 4.78 is 0. The van der Waals surface area contributed by atoms with Gasteiger partial charge in [-0.15, -0.1) is 0 Å². The first-order valence-corrected chi connectivity index (χ1v) is 10.7. The van der Waals surface area contributed by atoms with E-state index < -0.39 is 0 Å². The SMILES string of the molecule is N/C(=C\C(c1ccccc1)[C@H](N)c1ccccc1)c1ccc(-c2cccc(Cl)c2)cc1. The van der Waals surface area contributed by atoms with Crippen molar-refractivity contribution >= 4 is 17.3 Å². The lowest BCUT2D eigenvalue weighted by molar-refractivity contribution is 0.646. The molecule has 0 aromatic heterocycles. The van der Waals surface area contributed by atoms with Crippen LogP contribution in [-0.2, 0) is 0 Å². The molecule has 2 atom stereocenters. The maximum atomic E-state index is 6.70. The van der Waals surface area contributed by atoms with Crippen LogP contribution in [0.4, 0.5) is 0 Å². The van der Waals surface area contributed by atoms with E-state index in [4.69, 9.17) is 23.1 Å². The second-order valence-electron chi connectivity index (χ2n) is 7.58. The largest absolute Gasteiger partial charge is 0.398 e. The minimum Gasteiger partial charge on any atom is -0.398 e. The van der Waals surface area contributed by atoms with Crippen LogP contribution < -0.4 is 11.5 Å². The molecular weight excluding hydrogens is 400 g/mol. The van der Waals surface area contributed by atoms with Gasteiger partial charge in [-0.3, -0.25) is 0 Å². The Kier molecular flexibility index (Phi) is 6.51. The fourth-order valence-electron chi connectivity index (χ4n) is 3.78. The topological polar surface area (TPSA) is 52.0 Å². The number of hydrogen-bond donors (Lipinski definition) is 2. The number of benzene rings is 4. The molecule has 4 rings (SSSR count). The van der Waals surface area contributed by atoms with Crippen LogP contribution in [0.2, 0.25) is 5.02 Å². The zero-order valence-electron chi connectivity index (χ0n) is 17.2. The smallest absolute Gasteiger partial charge is 0.0412 e. The summed E-state index contributed by atoms with van der Waals surface area (Å²) in [6.07, 6.45) is 2.07. The Labute approximate surface area is 188 Å². The monoisotopic (exact) mass is 424 g/mol. The highest BCUT2D eigenvalue weighted by Gasteiger charge is 2.20. The predicted octanol–water partition coefficient (Wildman–Crippen LogP) is 6.79. The van der Waals surface area contributed by atoms with Gasteiger partial charge in [0.1, 0.15) is 0 Å². The zero-order chi connectivity index (χ0) is 21.6. The lowest BCUT2D eigenvalue weighted by Gasteiger charge is -2.23. The van der Waals surface area contributed by atoms with Gasteiger partial charge in [-0.05, 0) is 39.9 Å². The number of hydrogen-bond acceptors (Lipinski definition) is 2. The van der Waals surface area contributed by atoms with E-state index >= 15 is 0 Å². The number of nitrogens with two attached hydrogens (primary N) is 2. The molecule has 0 spiro atoms. The molecule has 0 bridgehead atoms. The average molecular weight is 425 g/mol. The molecule has 2 nitrogen and oxygen atoms in total. The first-order valence-electron chi connectivity index (χ1n) is 10.3. The van der Waals surface area contributed by atoms with E-state index in [0.29, 0.717) is 5.70 Å². The summed E-state index contributed by atoms with van der Waals surface area (Å²) in [7, 11) is 0. The van der Waals surface area contributed by atoms with E-state index in [2.05, 4.69) is 42.5 Å². The average Bonchev–Trinajstić information content (AvgIpc) is 2.83. The van der Waals surface area contributed by atoms with Gasteiger partial charge in [-0.1, -0.05) is 115 Å². The van der Waals surface area contributed by atoms with E-state index in [1.807, 2.05) is 72.8 Å². The fraction of sp³-hybridized carbons (Fsp3) is 0.0714. The molecule has 0 fully saturated rings. The molecule has 0 saturated carbocycles. The van der Waals surface area contributed by atoms with Crippen molar-refractivity contribution in [2.24, 2.45) is 11.5 Å². The minimum absolute atomic E-state index is 0.0452. The summed E-state index contributed by atoms with van der Waals surface area (Å²) in [6.45, 7) is 0. The normalized spacial score (nSPS) is 13.5. The molecule has 0 aliphatic rings. The lowest BCUT2D eigenvalue weighted by Crippen LogP contribution is -2.19. The van der Waals surface area contributed by atoms with Gasteiger partial charge >= 0.3 is 0 Å². The third-order valence-electron chi connectivity index (χ3n) is 5.49. The van der Waals surface area contributed by atoms with Crippen molar-refractivity contribution < 1.29 is 0 Å². The lowest BCUT2D eigenvalue weighted by atomic mass is 9.86. The zero-order valence-corrected chi connectivity index (χ0v) is 17.9. The molecule has 31 heavy (non-hydrogen) atoms. The van der Waals surface area contributed by atoms with Crippen molar-refractivity contribution in [2.45, 2.75) is 12.0 Å².